The molecule has 0 unspecified atom stereocenters. The van der Waals surface area contributed by atoms with Crippen molar-refractivity contribution in [2.24, 2.45) is 0 Å². The van der Waals surface area contributed by atoms with Crippen molar-refractivity contribution in [3.05, 3.63) is 11.3 Å². The molecule has 0 atom stereocenters. The normalized spacial score (nSPS) is 10.1. The van der Waals surface area contributed by atoms with Gasteiger partial charge in [0.25, 0.3) is 0 Å². The zero-order chi connectivity index (χ0) is 12.8. The number of carbonyl (C=O) groups excluding carboxylic acids is 1. The van der Waals surface area contributed by atoms with Crippen molar-refractivity contribution in [1.82, 2.24) is 9.97 Å². The van der Waals surface area contributed by atoms with Crippen molar-refractivity contribution in [2.75, 3.05) is 31.3 Å². The minimum Gasteiger partial charge on any atom is -0.469 e. The molecule has 0 saturated carbocycles. The van der Waals surface area contributed by atoms with E-state index in [1.165, 1.54) is 13.4 Å². The maximum absolute atomic E-state index is 10.9. The van der Waals surface area contributed by atoms with Crippen molar-refractivity contribution >= 4 is 29.2 Å². The number of methoxy groups -OCH3 is 1. The van der Waals surface area contributed by atoms with Crippen molar-refractivity contribution in [3.63, 3.8) is 0 Å². The maximum atomic E-state index is 10.9. The van der Waals surface area contributed by atoms with Crippen LogP contribution in [0.15, 0.2) is 6.33 Å². The first kappa shape index (κ1) is 13.5. The Hall–Kier alpha value is -1.56. The molecule has 0 amide bonds. The van der Waals surface area contributed by atoms with Crippen molar-refractivity contribution in [3.8, 4) is 0 Å². The van der Waals surface area contributed by atoms with Gasteiger partial charge in [0.2, 0.25) is 0 Å². The Bertz CT molecular complexity index is 400. The number of halogens is 1. The molecule has 1 heterocycles. The molecule has 0 bridgehead atoms. The van der Waals surface area contributed by atoms with Crippen LogP contribution in [0.4, 0.5) is 11.6 Å². The van der Waals surface area contributed by atoms with Gasteiger partial charge in [-0.2, -0.15) is 0 Å². The number of nitrogens with two attached hydrogens (primary N) is 1. The molecule has 2 N–H and O–H groups in total. The largest absolute Gasteiger partial charge is 0.469 e. The van der Waals surface area contributed by atoms with Crippen molar-refractivity contribution in [1.29, 1.82) is 0 Å². The molecule has 0 aliphatic carbocycles. The first-order valence-electron chi connectivity index (χ1n) is 5.10. The molecule has 0 saturated heterocycles. The molecule has 1 rings (SSSR count). The number of nitrogens with zero attached hydrogens (tertiary/aromatic N) is 3. The molecular formula is C10H15ClN4O2. The van der Waals surface area contributed by atoms with E-state index >= 15 is 0 Å². The third-order valence-corrected chi connectivity index (χ3v) is 2.62. The van der Waals surface area contributed by atoms with Crippen LogP contribution >= 0.6 is 11.6 Å². The number of nitrogen functional groups attached to an aromatic ring is 1. The average molecular weight is 259 g/mol. The molecule has 0 aromatic carbocycles. The highest BCUT2D eigenvalue weighted by atomic mass is 35.5. The second kappa shape index (κ2) is 6.24. The highest BCUT2D eigenvalue weighted by Gasteiger charge is 2.11. The fourth-order valence-corrected chi connectivity index (χ4v) is 1.55. The van der Waals surface area contributed by atoms with Gasteiger partial charge in [-0.3, -0.25) is 4.79 Å². The van der Waals surface area contributed by atoms with Gasteiger partial charge in [0.05, 0.1) is 7.11 Å². The second-order valence-electron chi connectivity index (χ2n) is 3.50. The van der Waals surface area contributed by atoms with Crippen LogP contribution in [0.5, 0.6) is 0 Å². The van der Waals surface area contributed by atoms with Crippen LogP contribution in [-0.2, 0) is 9.53 Å². The number of hydrogen-bond acceptors (Lipinski definition) is 6. The highest BCUT2D eigenvalue weighted by Crippen LogP contribution is 2.25. The lowest BCUT2D eigenvalue weighted by molar-refractivity contribution is -0.140. The Balaban J connectivity index is 2.55. The number of carbonyl (C=O) groups is 1. The average Bonchev–Trinajstić information content (AvgIpc) is 2.32. The summed E-state index contributed by atoms with van der Waals surface area (Å²) in [6.45, 7) is 0.630. The fraction of sp³-hybridized carbons (Fsp3) is 0.500. The van der Waals surface area contributed by atoms with E-state index in [9.17, 15) is 4.79 Å². The van der Waals surface area contributed by atoms with Crippen LogP contribution in [0.2, 0.25) is 5.02 Å². The van der Waals surface area contributed by atoms with Gasteiger partial charge < -0.3 is 15.4 Å². The van der Waals surface area contributed by atoms with Crippen LogP contribution in [0, 0.1) is 0 Å². The van der Waals surface area contributed by atoms with E-state index in [0.717, 1.165) is 0 Å². The zero-order valence-electron chi connectivity index (χ0n) is 9.81. The minimum atomic E-state index is -0.230. The lowest BCUT2D eigenvalue weighted by atomic mass is 10.3. The first-order chi connectivity index (χ1) is 8.06. The summed E-state index contributed by atoms with van der Waals surface area (Å²) in [5.41, 5.74) is 5.57. The molecule has 0 fully saturated rings. The van der Waals surface area contributed by atoms with Crippen LogP contribution in [-0.4, -0.2) is 36.6 Å². The van der Waals surface area contributed by atoms with Crippen molar-refractivity contribution in [2.45, 2.75) is 12.8 Å². The summed E-state index contributed by atoms with van der Waals surface area (Å²) in [5.74, 6) is 0.576. The van der Waals surface area contributed by atoms with Gasteiger partial charge in [-0.1, -0.05) is 11.6 Å². The minimum absolute atomic E-state index is 0.230. The van der Waals surface area contributed by atoms with Gasteiger partial charge in [0, 0.05) is 20.0 Å². The second-order valence-corrected chi connectivity index (χ2v) is 3.88. The molecule has 0 radical (unpaired) electrons. The smallest absolute Gasteiger partial charge is 0.305 e. The van der Waals surface area contributed by atoms with Crippen LogP contribution in [0.3, 0.4) is 0 Å². The Labute approximate surface area is 105 Å². The Morgan fingerprint density at radius 2 is 2.29 bits per heavy atom. The monoisotopic (exact) mass is 258 g/mol. The van der Waals surface area contributed by atoms with Gasteiger partial charge in [-0.15, -0.1) is 0 Å². The van der Waals surface area contributed by atoms with Gasteiger partial charge in [-0.05, 0) is 6.42 Å². The Morgan fingerprint density at radius 1 is 1.59 bits per heavy atom. The van der Waals surface area contributed by atoms with E-state index in [1.54, 1.807) is 0 Å². The molecule has 94 valence electrons. The molecule has 6 nitrogen and oxygen atoms in total. The summed E-state index contributed by atoms with van der Waals surface area (Å²) in [6, 6.07) is 0. The number of ether oxygens (including phenoxy) is 1. The third kappa shape index (κ3) is 3.74. The summed E-state index contributed by atoms with van der Waals surface area (Å²) >= 11 is 5.97. The lowest BCUT2D eigenvalue weighted by Gasteiger charge is -2.18. The van der Waals surface area contributed by atoms with Gasteiger partial charge in [0.15, 0.2) is 5.82 Å². The first-order valence-corrected chi connectivity index (χ1v) is 5.48. The van der Waals surface area contributed by atoms with Crippen molar-refractivity contribution < 1.29 is 9.53 Å². The van der Waals surface area contributed by atoms with E-state index in [-0.39, 0.29) is 11.8 Å². The van der Waals surface area contributed by atoms with Gasteiger partial charge >= 0.3 is 5.97 Å². The molecule has 7 heteroatoms. The number of anilines is 2. The fourth-order valence-electron chi connectivity index (χ4n) is 1.31. The topological polar surface area (TPSA) is 81.3 Å². The van der Waals surface area contributed by atoms with E-state index < -0.39 is 0 Å². The Kier molecular flexibility index (Phi) is 4.96. The lowest BCUT2D eigenvalue weighted by Crippen LogP contribution is -2.21. The third-order valence-electron chi connectivity index (χ3n) is 2.26. The maximum Gasteiger partial charge on any atom is 0.305 e. The van der Waals surface area contributed by atoms with Crippen LogP contribution in [0.25, 0.3) is 0 Å². The summed E-state index contributed by atoms with van der Waals surface area (Å²) in [4.78, 5) is 20.6. The van der Waals surface area contributed by atoms with Crippen LogP contribution < -0.4 is 10.6 Å². The predicted molar refractivity (Wildman–Crippen MR) is 66.0 cm³/mol. The molecule has 0 aliphatic rings. The van der Waals surface area contributed by atoms with E-state index in [2.05, 4.69) is 14.7 Å². The predicted octanol–water partition coefficient (Wildman–Crippen LogP) is 1.10. The quantitative estimate of drug-likeness (QED) is 0.797. The number of rotatable bonds is 5. The standard InChI is InChI=1S/C10H15ClN4O2/c1-15(5-3-4-7(16)17-2)10-8(11)9(12)13-6-14-10/h6H,3-5H2,1-2H3,(H2,12,13,14). The molecular weight excluding hydrogens is 244 g/mol. The van der Waals surface area contributed by atoms with E-state index in [1.807, 2.05) is 11.9 Å². The number of hydrogen-bond donors (Lipinski definition) is 1. The number of aromatic nitrogens is 2. The van der Waals surface area contributed by atoms with Gasteiger partial charge in [-0.25, -0.2) is 9.97 Å². The molecule has 17 heavy (non-hydrogen) atoms. The van der Waals surface area contributed by atoms with Crippen LogP contribution in [0.1, 0.15) is 12.8 Å². The SMILES string of the molecule is COC(=O)CCCN(C)c1ncnc(N)c1Cl. The Morgan fingerprint density at radius 3 is 2.94 bits per heavy atom. The molecule has 1 aromatic rings. The highest BCUT2D eigenvalue weighted by molar-refractivity contribution is 6.35. The number of esters is 1. The summed E-state index contributed by atoms with van der Waals surface area (Å²) in [6.07, 6.45) is 2.37. The van der Waals surface area contributed by atoms with E-state index in [0.29, 0.717) is 30.2 Å². The summed E-state index contributed by atoms with van der Waals surface area (Å²) in [5, 5.41) is 0.327. The zero-order valence-corrected chi connectivity index (χ0v) is 10.6. The summed E-state index contributed by atoms with van der Waals surface area (Å²) < 4.78 is 4.55. The molecule has 1 aromatic heterocycles. The van der Waals surface area contributed by atoms with E-state index in [4.69, 9.17) is 17.3 Å². The molecule has 0 spiro atoms. The molecule has 0 aliphatic heterocycles. The van der Waals surface area contributed by atoms with Gasteiger partial charge in [0.1, 0.15) is 17.2 Å². The summed E-state index contributed by atoms with van der Waals surface area (Å²) in [7, 11) is 3.19.